The summed E-state index contributed by atoms with van der Waals surface area (Å²) in [7, 11) is 0. The molecule has 1 fully saturated rings. The summed E-state index contributed by atoms with van der Waals surface area (Å²) in [5.74, 6) is -2.65. The van der Waals surface area contributed by atoms with Gasteiger partial charge in [0.05, 0.1) is 11.6 Å². The molecule has 1 atom stereocenters. The zero-order chi connectivity index (χ0) is 8.82. The fourth-order valence-electron chi connectivity index (χ4n) is 1.50. The summed E-state index contributed by atoms with van der Waals surface area (Å²) in [5, 5.41) is 6.14. The first kappa shape index (κ1) is 7.67. The molecule has 0 amide bonds. The molecule has 1 aliphatic rings. The Labute approximate surface area is 68.0 Å². The Bertz CT molecular complexity index is 283. The zero-order valence-corrected chi connectivity index (χ0v) is 6.35. The quantitative estimate of drug-likeness (QED) is 0.689. The number of nitrogens with zero attached hydrogens (tertiary/aromatic N) is 1. The molecule has 12 heavy (non-hydrogen) atoms. The molecule has 0 bridgehead atoms. The van der Waals surface area contributed by atoms with Crippen molar-refractivity contribution in [3.05, 3.63) is 18.0 Å². The number of aromatic nitrogens is 2. The average Bonchev–Trinajstić information content (AvgIpc) is 2.52. The highest BCUT2D eigenvalue weighted by atomic mass is 19.3. The van der Waals surface area contributed by atoms with Gasteiger partial charge in [0.2, 0.25) is 0 Å². The third-order valence-electron chi connectivity index (χ3n) is 2.50. The SMILES string of the molecule is NCC1(c2cn[nH]c2)CC1(F)F. The Kier molecular flexibility index (Phi) is 1.30. The lowest BCUT2D eigenvalue weighted by molar-refractivity contribution is 0.0896. The highest BCUT2D eigenvalue weighted by molar-refractivity contribution is 5.35. The van der Waals surface area contributed by atoms with Crippen LogP contribution in [0.3, 0.4) is 0 Å². The van der Waals surface area contributed by atoms with Crippen LogP contribution in [0.1, 0.15) is 12.0 Å². The molecular weight excluding hydrogens is 164 g/mol. The van der Waals surface area contributed by atoms with Crippen LogP contribution in [-0.2, 0) is 5.41 Å². The second-order valence-corrected chi connectivity index (χ2v) is 3.15. The molecule has 1 unspecified atom stereocenters. The fraction of sp³-hybridized carbons (Fsp3) is 0.571. The molecule has 0 spiro atoms. The number of alkyl halides is 2. The number of rotatable bonds is 2. The molecule has 1 heterocycles. The smallest absolute Gasteiger partial charge is 0.260 e. The normalized spacial score (nSPS) is 31.9. The van der Waals surface area contributed by atoms with Crippen molar-refractivity contribution in [2.24, 2.45) is 5.73 Å². The number of aromatic amines is 1. The summed E-state index contributed by atoms with van der Waals surface area (Å²) in [6.07, 6.45) is 2.73. The van der Waals surface area contributed by atoms with Crippen LogP contribution < -0.4 is 5.73 Å². The molecule has 1 aromatic rings. The van der Waals surface area contributed by atoms with Crippen molar-refractivity contribution in [1.82, 2.24) is 10.2 Å². The number of nitrogens with one attached hydrogen (secondary N) is 1. The van der Waals surface area contributed by atoms with Crippen molar-refractivity contribution in [2.75, 3.05) is 6.54 Å². The van der Waals surface area contributed by atoms with Gasteiger partial charge in [-0.25, -0.2) is 8.78 Å². The first-order valence-electron chi connectivity index (χ1n) is 3.69. The van der Waals surface area contributed by atoms with Gasteiger partial charge >= 0.3 is 0 Å². The van der Waals surface area contributed by atoms with Gasteiger partial charge in [-0.1, -0.05) is 0 Å². The predicted molar refractivity (Wildman–Crippen MR) is 38.9 cm³/mol. The highest BCUT2D eigenvalue weighted by Crippen LogP contribution is 2.60. The van der Waals surface area contributed by atoms with Crippen molar-refractivity contribution < 1.29 is 8.78 Å². The molecule has 0 radical (unpaired) electrons. The van der Waals surface area contributed by atoms with E-state index in [1.807, 2.05) is 0 Å². The third-order valence-corrected chi connectivity index (χ3v) is 2.50. The Morgan fingerprint density at radius 3 is 2.67 bits per heavy atom. The lowest BCUT2D eigenvalue weighted by atomic mass is 9.99. The molecule has 66 valence electrons. The van der Waals surface area contributed by atoms with E-state index in [1.165, 1.54) is 12.4 Å². The molecule has 1 aromatic heterocycles. The van der Waals surface area contributed by atoms with E-state index in [9.17, 15) is 8.78 Å². The van der Waals surface area contributed by atoms with E-state index in [0.29, 0.717) is 5.56 Å². The average molecular weight is 173 g/mol. The summed E-state index contributed by atoms with van der Waals surface area (Å²) in [6.45, 7) is -0.0282. The van der Waals surface area contributed by atoms with Gasteiger partial charge < -0.3 is 5.73 Å². The number of nitrogens with two attached hydrogens (primary N) is 1. The van der Waals surface area contributed by atoms with Gasteiger partial charge in [-0.05, 0) is 0 Å². The number of halogens is 2. The maximum atomic E-state index is 12.9. The fourth-order valence-corrected chi connectivity index (χ4v) is 1.50. The zero-order valence-electron chi connectivity index (χ0n) is 6.35. The van der Waals surface area contributed by atoms with Crippen molar-refractivity contribution >= 4 is 0 Å². The van der Waals surface area contributed by atoms with Gasteiger partial charge in [0.1, 0.15) is 0 Å². The standard InChI is InChI=1S/C7H9F2N3/c8-7(9)3-6(7,4-10)5-1-11-12-2-5/h1-2H,3-4,10H2,(H,11,12). The van der Waals surface area contributed by atoms with E-state index in [4.69, 9.17) is 5.73 Å². The first-order valence-corrected chi connectivity index (χ1v) is 3.69. The van der Waals surface area contributed by atoms with Gasteiger partial charge in [0.15, 0.2) is 0 Å². The van der Waals surface area contributed by atoms with Crippen molar-refractivity contribution in [3.8, 4) is 0 Å². The van der Waals surface area contributed by atoms with Crippen LogP contribution in [0.2, 0.25) is 0 Å². The summed E-state index contributed by atoms with van der Waals surface area (Å²) >= 11 is 0. The molecule has 0 saturated heterocycles. The van der Waals surface area contributed by atoms with Crippen LogP contribution in [0, 0.1) is 0 Å². The van der Waals surface area contributed by atoms with Crippen LogP contribution in [0.15, 0.2) is 12.4 Å². The monoisotopic (exact) mass is 173 g/mol. The molecule has 3 nitrogen and oxygen atoms in total. The number of H-pyrrole nitrogens is 1. The molecule has 1 saturated carbocycles. The maximum Gasteiger partial charge on any atom is 0.260 e. The minimum absolute atomic E-state index is 0.0282. The first-order chi connectivity index (χ1) is 5.62. The second-order valence-electron chi connectivity index (χ2n) is 3.15. The van der Waals surface area contributed by atoms with Crippen LogP contribution in [0.4, 0.5) is 8.78 Å². The summed E-state index contributed by atoms with van der Waals surface area (Å²) in [6, 6.07) is 0. The van der Waals surface area contributed by atoms with E-state index in [0.717, 1.165) is 0 Å². The van der Waals surface area contributed by atoms with E-state index in [2.05, 4.69) is 10.2 Å². The highest BCUT2D eigenvalue weighted by Gasteiger charge is 2.71. The topological polar surface area (TPSA) is 54.7 Å². The summed E-state index contributed by atoms with van der Waals surface area (Å²) < 4.78 is 25.8. The van der Waals surface area contributed by atoms with E-state index in [-0.39, 0.29) is 13.0 Å². The van der Waals surface area contributed by atoms with Gasteiger partial charge in [-0.3, -0.25) is 5.10 Å². The van der Waals surface area contributed by atoms with E-state index < -0.39 is 11.3 Å². The molecule has 2 rings (SSSR count). The minimum Gasteiger partial charge on any atom is -0.329 e. The van der Waals surface area contributed by atoms with E-state index in [1.54, 1.807) is 0 Å². The van der Waals surface area contributed by atoms with Gasteiger partial charge in [-0.2, -0.15) is 5.10 Å². The molecule has 0 aromatic carbocycles. The Morgan fingerprint density at radius 1 is 1.67 bits per heavy atom. The molecule has 1 aliphatic carbocycles. The minimum atomic E-state index is -2.65. The van der Waals surface area contributed by atoms with Gasteiger partial charge in [0, 0.05) is 24.7 Å². The summed E-state index contributed by atoms with van der Waals surface area (Å²) in [4.78, 5) is 0. The van der Waals surface area contributed by atoms with E-state index >= 15 is 0 Å². The van der Waals surface area contributed by atoms with Crippen molar-refractivity contribution in [2.45, 2.75) is 17.8 Å². The second kappa shape index (κ2) is 2.04. The maximum absolute atomic E-state index is 12.9. The van der Waals surface area contributed by atoms with Crippen LogP contribution in [0.25, 0.3) is 0 Å². The van der Waals surface area contributed by atoms with Crippen molar-refractivity contribution in [1.29, 1.82) is 0 Å². The molecule has 3 N–H and O–H groups in total. The molecular formula is C7H9F2N3. The summed E-state index contributed by atoms with van der Waals surface area (Å²) in [5.41, 5.74) is 4.68. The Morgan fingerprint density at radius 2 is 2.33 bits per heavy atom. The lowest BCUT2D eigenvalue weighted by Crippen LogP contribution is -2.26. The van der Waals surface area contributed by atoms with Crippen molar-refractivity contribution in [3.63, 3.8) is 0 Å². The van der Waals surface area contributed by atoms with Crippen LogP contribution in [-0.4, -0.2) is 22.7 Å². The number of hydrogen-bond donors (Lipinski definition) is 2. The Hall–Kier alpha value is -0.970. The third kappa shape index (κ3) is 0.741. The molecule has 5 heteroatoms. The lowest BCUT2D eigenvalue weighted by Gasteiger charge is -2.10. The van der Waals surface area contributed by atoms with Crippen LogP contribution >= 0.6 is 0 Å². The predicted octanol–water partition coefficient (Wildman–Crippen LogP) is 0.645. The van der Waals surface area contributed by atoms with Gasteiger partial charge in [-0.15, -0.1) is 0 Å². The molecule has 0 aliphatic heterocycles. The Balaban J connectivity index is 2.34. The number of hydrogen-bond acceptors (Lipinski definition) is 2. The van der Waals surface area contributed by atoms with Crippen LogP contribution in [0.5, 0.6) is 0 Å². The largest absolute Gasteiger partial charge is 0.329 e. The van der Waals surface area contributed by atoms with Gasteiger partial charge in [0.25, 0.3) is 5.92 Å².